The summed E-state index contributed by atoms with van der Waals surface area (Å²) < 4.78 is 9.57. The second-order valence-corrected chi connectivity index (χ2v) is 3.97. The van der Waals surface area contributed by atoms with E-state index in [0.29, 0.717) is 0 Å². The van der Waals surface area contributed by atoms with E-state index in [0.717, 1.165) is 6.07 Å². The van der Waals surface area contributed by atoms with Gasteiger partial charge in [0, 0.05) is 5.69 Å². The minimum Gasteiger partial charge on any atom is -0.466 e. The van der Waals surface area contributed by atoms with Crippen molar-refractivity contribution in [3.8, 4) is 0 Å². The van der Waals surface area contributed by atoms with E-state index in [1.54, 1.807) is 13.8 Å². The maximum Gasteiger partial charge on any atom is 0.339 e. The summed E-state index contributed by atoms with van der Waals surface area (Å²) >= 11 is 0. The van der Waals surface area contributed by atoms with Crippen molar-refractivity contribution < 1.29 is 23.9 Å². The molecule has 1 rings (SSSR count). The highest BCUT2D eigenvalue weighted by Gasteiger charge is 2.20. The largest absolute Gasteiger partial charge is 0.466 e. The number of nitrogens with two attached hydrogens (primary N) is 1. The van der Waals surface area contributed by atoms with Gasteiger partial charge in [0.25, 0.3) is 11.5 Å². The number of aromatic amines is 1. The number of carbonyl (C=O) groups is 3. The van der Waals surface area contributed by atoms with E-state index in [1.807, 2.05) is 0 Å². The second kappa shape index (κ2) is 7.22. The van der Waals surface area contributed by atoms with E-state index in [4.69, 9.17) is 15.2 Å². The van der Waals surface area contributed by atoms with Crippen LogP contribution in [-0.4, -0.2) is 36.0 Å². The van der Waals surface area contributed by atoms with Crippen LogP contribution in [0.3, 0.4) is 0 Å². The van der Waals surface area contributed by atoms with Gasteiger partial charge in [0.15, 0.2) is 0 Å². The van der Waals surface area contributed by atoms with E-state index in [-0.39, 0.29) is 36.5 Å². The summed E-state index contributed by atoms with van der Waals surface area (Å²) in [4.78, 5) is 48.5. The standard InChI is InChI=1S/C13H16N2O6/c1-3-20-10(16)6-9-7(13(19)21-4-2)5-8(11(14)17)12(18)15-9/h5H,3-4,6H2,1-2H3,(H2,14,17)(H,15,18). The highest BCUT2D eigenvalue weighted by molar-refractivity contribution is 5.97. The topological polar surface area (TPSA) is 129 Å². The molecule has 0 unspecified atom stereocenters. The Kier molecular flexibility index (Phi) is 5.65. The van der Waals surface area contributed by atoms with Gasteiger partial charge in [-0.25, -0.2) is 4.79 Å². The molecular weight excluding hydrogens is 280 g/mol. The lowest BCUT2D eigenvalue weighted by Gasteiger charge is -2.09. The van der Waals surface area contributed by atoms with Gasteiger partial charge in [0.2, 0.25) is 0 Å². The number of nitrogens with one attached hydrogen (secondary N) is 1. The van der Waals surface area contributed by atoms with Crippen molar-refractivity contribution in [3.63, 3.8) is 0 Å². The van der Waals surface area contributed by atoms with Crippen molar-refractivity contribution in [3.05, 3.63) is 33.2 Å². The van der Waals surface area contributed by atoms with Crippen LogP contribution in [0, 0.1) is 0 Å². The van der Waals surface area contributed by atoms with Crippen LogP contribution in [0.15, 0.2) is 10.9 Å². The first-order valence-corrected chi connectivity index (χ1v) is 6.29. The molecule has 8 heteroatoms. The fourth-order valence-electron chi connectivity index (χ4n) is 1.64. The molecule has 1 heterocycles. The normalized spacial score (nSPS) is 10.0. The van der Waals surface area contributed by atoms with E-state index in [2.05, 4.69) is 4.98 Å². The molecule has 114 valence electrons. The van der Waals surface area contributed by atoms with Gasteiger partial charge >= 0.3 is 11.9 Å². The van der Waals surface area contributed by atoms with Crippen LogP contribution in [0.1, 0.15) is 40.3 Å². The monoisotopic (exact) mass is 296 g/mol. The SMILES string of the molecule is CCOC(=O)Cc1[nH]c(=O)c(C(N)=O)cc1C(=O)OCC. The van der Waals surface area contributed by atoms with Gasteiger partial charge < -0.3 is 20.2 Å². The fraction of sp³-hybridized carbons (Fsp3) is 0.385. The minimum atomic E-state index is -0.982. The highest BCUT2D eigenvalue weighted by Crippen LogP contribution is 2.10. The van der Waals surface area contributed by atoms with Gasteiger partial charge in [-0.15, -0.1) is 0 Å². The van der Waals surface area contributed by atoms with Crippen molar-refractivity contribution in [2.45, 2.75) is 20.3 Å². The molecule has 0 aliphatic carbocycles. The third kappa shape index (κ3) is 4.16. The van der Waals surface area contributed by atoms with Crippen LogP contribution in [0.4, 0.5) is 0 Å². The van der Waals surface area contributed by atoms with Crippen LogP contribution >= 0.6 is 0 Å². The predicted octanol–water partition coefficient (Wildman–Crippen LogP) is -0.244. The first-order valence-electron chi connectivity index (χ1n) is 6.29. The Morgan fingerprint density at radius 3 is 2.29 bits per heavy atom. The Morgan fingerprint density at radius 1 is 1.14 bits per heavy atom. The third-order valence-corrected chi connectivity index (χ3v) is 2.51. The van der Waals surface area contributed by atoms with Gasteiger partial charge in [-0.3, -0.25) is 14.4 Å². The predicted molar refractivity (Wildman–Crippen MR) is 71.9 cm³/mol. The number of pyridine rings is 1. The number of carbonyl (C=O) groups excluding carboxylic acids is 3. The Hall–Kier alpha value is -2.64. The average molecular weight is 296 g/mol. The highest BCUT2D eigenvalue weighted by atomic mass is 16.5. The minimum absolute atomic E-state index is 0.0156. The first kappa shape index (κ1) is 16.4. The average Bonchev–Trinajstić information content (AvgIpc) is 2.38. The van der Waals surface area contributed by atoms with Crippen molar-refractivity contribution in [2.24, 2.45) is 5.73 Å². The Balaban J connectivity index is 3.30. The number of H-pyrrole nitrogens is 1. The van der Waals surface area contributed by atoms with Crippen LogP contribution in [0.25, 0.3) is 0 Å². The number of esters is 2. The molecule has 0 aliphatic heterocycles. The molecule has 0 aliphatic rings. The molecule has 8 nitrogen and oxygen atoms in total. The summed E-state index contributed by atoms with van der Waals surface area (Å²) in [6, 6.07) is 1.02. The summed E-state index contributed by atoms with van der Waals surface area (Å²) in [5, 5.41) is 0. The maximum absolute atomic E-state index is 11.8. The molecule has 1 aromatic rings. The lowest BCUT2D eigenvalue weighted by Crippen LogP contribution is -2.27. The molecule has 3 N–H and O–H groups in total. The van der Waals surface area contributed by atoms with Crippen LogP contribution in [0.2, 0.25) is 0 Å². The zero-order valence-corrected chi connectivity index (χ0v) is 11.7. The summed E-state index contributed by atoms with van der Waals surface area (Å²) in [5.74, 6) is -2.37. The van der Waals surface area contributed by atoms with Crippen molar-refractivity contribution in [2.75, 3.05) is 13.2 Å². The van der Waals surface area contributed by atoms with E-state index >= 15 is 0 Å². The Labute approximate surface area is 120 Å². The molecule has 0 fully saturated rings. The van der Waals surface area contributed by atoms with Crippen molar-refractivity contribution in [1.82, 2.24) is 4.98 Å². The van der Waals surface area contributed by atoms with Crippen LogP contribution < -0.4 is 11.3 Å². The molecule has 0 saturated carbocycles. The number of rotatable bonds is 6. The number of primary amides is 1. The molecule has 0 bridgehead atoms. The van der Waals surface area contributed by atoms with Crippen molar-refractivity contribution in [1.29, 1.82) is 0 Å². The number of ether oxygens (including phenoxy) is 2. The van der Waals surface area contributed by atoms with Gasteiger partial charge in [0.05, 0.1) is 25.2 Å². The number of hydrogen-bond acceptors (Lipinski definition) is 6. The van der Waals surface area contributed by atoms with Gasteiger partial charge in [-0.1, -0.05) is 0 Å². The molecule has 0 atom stereocenters. The van der Waals surface area contributed by atoms with Gasteiger partial charge in [0.1, 0.15) is 5.56 Å². The van der Waals surface area contributed by atoms with Crippen molar-refractivity contribution >= 4 is 17.8 Å². The molecule has 1 amide bonds. The molecule has 21 heavy (non-hydrogen) atoms. The number of hydrogen-bond donors (Lipinski definition) is 2. The quantitative estimate of drug-likeness (QED) is 0.697. The van der Waals surface area contributed by atoms with E-state index in [9.17, 15) is 19.2 Å². The lowest BCUT2D eigenvalue weighted by molar-refractivity contribution is -0.142. The molecule has 0 radical (unpaired) electrons. The maximum atomic E-state index is 11.8. The lowest BCUT2D eigenvalue weighted by atomic mass is 10.1. The van der Waals surface area contributed by atoms with Crippen LogP contribution in [-0.2, 0) is 20.7 Å². The van der Waals surface area contributed by atoms with Gasteiger partial charge in [-0.05, 0) is 19.9 Å². The second-order valence-electron chi connectivity index (χ2n) is 3.97. The summed E-state index contributed by atoms with van der Waals surface area (Å²) in [6.45, 7) is 3.49. The molecule has 1 aromatic heterocycles. The summed E-state index contributed by atoms with van der Waals surface area (Å²) in [7, 11) is 0. The molecular formula is C13H16N2O6. The zero-order valence-electron chi connectivity index (χ0n) is 11.7. The first-order chi connectivity index (χ1) is 9.90. The van der Waals surface area contributed by atoms with E-state index in [1.165, 1.54) is 0 Å². The Morgan fingerprint density at radius 2 is 1.76 bits per heavy atom. The Bertz CT molecular complexity index is 620. The summed E-state index contributed by atoms with van der Waals surface area (Å²) in [5.41, 5.74) is 3.80. The zero-order chi connectivity index (χ0) is 16.0. The molecule has 0 saturated heterocycles. The number of amides is 1. The third-order valence-electron chi connectivity index (χ3n) is 2.51. The fourth-order valence-corrected chi connectivity index (χ4v) is 1.64. The summed E-state index contributed by atoms with van der Waals surface area (Å²) in [6.07, 6.45) is -0.323. The molecule has 0 aromatic carbocycles. The molecule has 0 spiro atoms. The van der Waals surface area contributed by atoms with Gasteiger partial charge in [-0.2, -0.15) is 0 Å². The van der Waals surface area contributed by atoms with E-state index < -0.39 is 23.4 Å². The van der Waals surface area contributed by atoms with Crippen LogP contribution in [0.5, 0.6) is 0 Å². The number of aromatic nitrogens is 1. The smallest absolute Gasteiger partial charge is 0.339 e.